The summed E-state index contributed by atoms with van der Waals surface area (Å²) in [6, 6.07) is 10.5. The van der Waals surface area contributed by atoms with Gasteiger partial charge in [0.25, 0.3) is 0 Å². The van der Waals surface area contributed by atoms with E-state index in [9.17, 15) is 9.90 Å². The van der Waals surface area contributed by atoms with E-state index < -0.39 is 0 Å². The topological polar surface area (TPSA) is 76.5 Å². The second-order valence-corrected chi connectivity index (χ2v) is 4.81. The molecule has 0 saturated heterocycles. The van der Waals surface area contributed by atoms with Gasteiger partial charge in [0, 0.05) is 16.8 Å². The van der Waals surface area contributed by atoms with Crippen molar-refractivity contribution < 1.29 is 9.52 Å². The van der Waals surface area contributed by atoms with Crippen molar-refractivity contribution in [3.05, 3.63) is 52.4 Å². The number of phenolic OH excluding ortho intramolecular Hbond substituents is 1. The van der Waals surface area contributed by atoms with E-state index in [4.69, 9.17) is 10.2 Å². The third-order valence-corrected chi connectivity index (χ3v) is 3.44. The lowest BCUT2D eigenvalue weighted by molar-refractivity contribution is 0.472. The van der Waals surface area contributed by atoms with Gasteiger partial charge in [-0.2, -0.15) is 0 Å². The molecule has 0 fully saturated rings. The lowest BCUT2D eigenvalue weighted by atomic mass is 9.99. The van der Waals surface area contributed by atoms with Crippen LogP contribution in [0.15, 0.2) is 45.6 Å². The number of hydrogen-bond acceptors (Lipinski definition) is 4. The van der Waals surface area contributed by atoms with Crippen LogP contribution in [0.4, 0.5) is 0 Å². The molecule has 5 heteroatoms. The molecule has 0 atom stereocenters. The summed E-state index contributed by atoms with van der Waals surface area (Å²) in [5.41, 5.74) is 6.54. The Morgan fingerprint density at radius 1 is 1.14 bits per heavy atom. The molecule has 3 N–H and O–H groups in total. The van der Waals surface area contributed by atoms with Crippen LogP contribution < -0.4 is 11.4 Å². The molecular formula is C16H16ClNO3. The van der Waals surface area contributed by atoms with E-state index in [0.717, 1.165) is 29.2 Å². The molecule has 2 aromatic carbocycles. The van der Waals surface area contributed by atoms with Crippen LogP contribution in [0.25, 0.3) is 21.7 Å². The number of hydrogen-bond donors (Lipinski definition) is 2. The molecule has 0 aliphatic carbocycles. The highest BCUT2D eigenvalue weighted by Crippen LogP contribution is 2.30. The number of aromatic hydroxyl groups is 1. The number of halogens is 1. The Morgan fingerprint density at radius 3 is 2.57 bits per heavy atom. The molecule has 0 spiro atoms. The van der Waals surface area contributed by atoms with Crippen molar-refractivity contribution in [1.82, 2.24) is 0 Å². The number of rotatable bonds is 3. The summed E-state index contributed by atoms with van der Waals surface area (Å²) < 4.78 is 5.33. The Balaban J connectivity index is 0.00000161. The number of phenols is 1. The van der Waals surface area contributed by atoms with Gasteiger partial charge in [-0.05, 0) is 37.1 Å². The highest BCUT2D eigenvalue weighted by atomic mass is 35.5. The molecule has 0 unspecified atom stereocenters. The Labute approximate surface area is 127 Å². The van der Waals surface area contributed by atoms with Crippen LogP contribution in [0.2, 0.25) is 0 Å². The largest absolute Gasteiger partial charge is 0.508 e. The fraction of sp³-hybridized carbons (Fsp3) is 0.188. The summed E-state index contributed by atoms with van der Waals surface area (Å²) in [4.78, 5) is 12.0. The molecule has 1 heterocycles. The van der Waals surface area contributed by atoms with Gasteiger partial charge in [0.15, 0.2) is 0 Å². The Kier molecular flexibility index (Phi) is 4.50. The monoisotopic (exact) mass is 305 g/mol. The second kappa shape index (κ2) is 6.16. The Bertz CT molecular complexity index is 842. The molecule has 0 aliphatic rings. The Morgan fingerprint density at radius 2 is 1.86 bits per heavy atom. The minimum atomic E-state index is -0.386. The van der Waals surface area contributed by atoms with Crippen LogP contribution >= 0.6 is 12.4 Å². The molecular weight excluding hydrogens is 290 g/mol. The third-order valence-electron chi connectivity index (χ3n) is 3.44. The van der Waals surface area contributed by atoms with Gasteiger partial charge >= 0.3 is 5.63 Å². The lowest BCUT2D eigenvalue weighted by Gasteiger charge is -2.09. The van der Waals surface area contributed by atoms with Gasteiger partial charge in [-0.1, -0.05) is 18.2 Å². The molecule has 3 aromatic rings. The van der Waals surface area contributed by atoms with Crippen LogP contribution in [0, 0.1) is 0 Å². The zero-order chi connectivity index (χ0) is 14.1. The molecule has 1 aromatic heterocycles. The van der Waals surface area contributed by atoms with Crippen LogP contribution in [0.5, 0.6) is 5.75 Å². The van der Waals surface area contributed by atoms with Crippen LogP contribution in [-0.4, -0.2) is 11.7 Å². The molecule has 0 radical (unpaired) electrons. The van der Waals surface area contributed by atoms with E-state index in [1.54, 1.807) is 12.1 Å². The Hall–Kier alpha value is -2.04. The van der Waals surface area contributed by atoms with Crippen molar-refractivity contribution >= 4 is 34.1 Å². The minimum absolute atomic E-state index is 0. The lowest BCUT2D eigenvalue weighted by Crippen LogP contribution is -2.03. The average molecular weight is 306 g/mol. The highest BCUT2D eigenvalue weighted by Gasteiger charge is 2.12. The zero-order valence-electron chi connectivity index (χ0n) is 11.3. The summed E-state index contributed by atoms with van der Waals surface area (Å²) in [7, 11) is 0. The normalized spacial score (nSPS) is 10.7. The van der Waals surface area contributed by atoms with Gasteiger partial charge in [0.1, 0.15) is 11.3 Å². The van der Waals surface area contributed by atoms with Crippen molar-refractivity contribution in [1.29, 1.82) is 0 Å². The number of fused-ring (bicyclic) bond motifs is 3. The molecule has 21 heavy (non-hydrogen) atoms. The molecule has 110 valence electrons. The maximum atomic E-state index is 12.0. The fourth-order valence-electron chi connectivity index (χ4n) is 2.57. The summed E-state index contributed by atoms with van der Waals surface area (Å²) in [5.74, 6) is 0.1000. The standard InChI is InChI=1S/C16H15NO3.ClH/c17-7-3-4-10-8-11(18)9-14-15(10)12-5-1-2-6-13(12)16(19)20-14;/h1-2,5-6,8-9,18H,3-4,7,17H2;1H. The maximum Gasteiger partial charge on any atom is 0.344 e. The third kappa shape index (κ3) is 2.73. The van der Waals surface area contributed by atoms with Crippen molar-refractivity contribution in [3.63, 3.8) is 0 Å². The average Bonchev–Trinajstić information content (AvgIpc) is 2.44. The fourth-order valence-corrected chi connectivity index (χ4v) is 2.57. The van der Waals surface area contributed by atoms with E-state index in [1.165, 1.54) is 6.07 Å². The van der Waals surface area contributed by atoms with Gasteiger partial charge in [-0.15, -0.1) is 12.4 Å². The van der Waals surface area contributed by atoms with Crippen molar-refractivity contribution in [2.24, 2.45) is 5.73 Å². The minimum Gasteiger partial charge on any atom is -0.508 e. The van der Waals surface area contributed by atoms with Gasteiger partial charge in [-0.25, -0.2) is 4.79 Å². The first-order chi connectivity index (χ1) is 9.70. The van der Waals surface area contributed by atoms with Crippen molar-refractivity contribution in [2.75, 3.05) is 6.54 Å². The van der Waals surface area contributed by atoms with E-state index in [0.29, 0.717) is 17.5 Å². The quantitative estimate of drug-likeness (QED) is 0.576. The maximum absolute atomic E-state index is 12.0. The molecule has 4 nitrogen and oxygen atoms in total. The van der Waals surface area contributed by atoms with E-state index in [2.05, 4.69) is 0 Å². The van der Waals surface area contributed by atoms with Crippen LogP contribution in [-0.2, 0) is 6.42 Å². The number of nitrogens with two attached hydrogens (primary N) is 1. The summed E-state index contributed by atoms with van der Waals surface area (Å²) in [5, 5.41) is 12.1. The summed E-state index contributed by atoms with van der Waals surface area (Å²) in [6.07, 6.45) is 1.55. The van der Waals surface area contributed by atoms with Crippen LogP contribution in [0.3, 0.4) is 0 Å². The van der Waals surface area contributed by atoms with Gasteiger partial charge in [0.05, 0.1) is 5.39 Å². The smallest absolute Gasteiger partial charge is 0.344 e. The van der Waals surface area contributed by atoms with E-state index in [1.807, 2.05) is 18.2 Å². The van der Waals surface area contributed by atoms with Gasteiger partial charge in [-0.3, -0.25) is 0 Å². The van der Waals surface area contributed by atoms with Crippen molar-refractivity contribution in [2.45, 2.75) is 12.8 Å². The predicted molar refractivity (Wildman–Crippen MR) is 86.3 cm³/mol. The first-order valence-corrected chi connectivity index (χ1v) is 6.58. The molecule has 3 rings (SSSR count). The number of benzene rings is 2. The van der Waals surface area contributed by atoms with Gasteiger partial charge < -0.3 is 15.3 Å². The SMILES string of the molecule is Cl.NCCCc1cc(O)cc2oc(=O)c3ccccc3c12. The van der Waals surface area contributed by atoms with Crippen molar-refractivity contribution in [3.8, 4) is 5.75 Å². The number of aryl methyl sites for hydroxylation is 1. The van der Waals surface area contributed by atoms with Gasteiger partial charge in [0.2, 0.25) is 0 Å². The van der Waals surface area contributed by atoms with E-state index >= 15 is 0 Å². The first kappa shape index (κ1) is 15.4. The highest BCUT2D eigenvalue weighted by molar-refractivity contribution is 6.06. The summed E-state index contributed by atoms with van der Waals surface area (Å²) >= 11 is 0. The summed E-state index contributed by atoms with van der Waals surface area (Å²) in [6.45, 7) is 0.575. The predicted octanol–water partition coefficient (Wildman–Crippen LogP) is 2.96. The van der Waals surface area contributed by atoms with E-state index in [-0.39, 0.29) is 23.8 Å². The van der Waals surface area contributed by atoms with Crippen LogP contribution in [0.1, 0.15) is 12.0 Å². The zero-order valence-corrected chi connectivity index (χ0v) is 12.2. The molecule has 0 amide bonds. The molecule has 0 saturated carbocycles. The molecule has 0 bridgehead atoms. The molecule has 0 aliphatic heterocycles. The second-order valence-electron chi connectivity index (χ2n) is 4.81. The first-order valence-electron chi connectivity index (χ1n) is 6.58.